The van der Waals surface area contributed by atoms with Gasteiger partial charge in [-0.3, -0.25) is 4.79 Å². The van der Waals surface area contributed by atoms with Gasteiger partial charge < -0.3 is 49.0 Å². The third kappa shape index (κ3) is 11.0. The molecule has 3 aliphatic rings. The smallest absolute Gasteiger partial charge is 0.462 e. The Morgan fingerprint density at radius 2 is 1.83 bits per heavy atom. The van der Waals surface area contributed by atoms with Crippen molar-refractivity contribution in [2.75, 3.05) is 86.6 Å². The molecule has 22 heteroatoms. The van der Waals surface area contributed by atoms with E-state index in [2.05, 4.69) is 110 Å². The molecule has 2 N–H and O–H groups in total. The van der Waals surface area contributed by atoms with Crippen LogP contribution in [0.15, 0.2) is 71.4 Å². The topological polar surface area (TPSA) is 211 Å². The Kier molecular flexibility index (Phi) is 14.9. The average molecular weight is 1120 g/mol. The van der Waals surface area contributed by atoms with Crippen molar-refractivity contribution < 1.29 is 23.8 Å². The maximum absolute atomic E-state index is 14.1. The van der Waals surface area contributed by atoms with Gasteiger partial charge in [0.15, 0.2) is 5.65 Å². The van der Waals surface area contributed by atoms with Crippen molar-refractivity contribution in [3.05, 3.63) is 105 Å². The van der Waals surface area contributed by atoms with Crippen LogP contribution < -0.4 is 24.8 Å². The van der Waals surface area contributed by atoms with Crippen molar-refractivity contribution in [2.45, 2.75) is 84.2 Å². The molecule has 2 saturated heterocycles. The van der Waals surface area contributed by atoms with E-state index in [1.807, 2.05) is 18.2 Å². The Morgan fingerprint density at radius 1 is 1.03 bits per heavy atom. The van der Waals surface area contributed by atoms with Crippen molar-refractivity contribution >= 4 is 90.4 Å². The number of ether oxygens (including phenoxy) is 3. The predicted octanol–water partition coefficient (Wildman–Crippen LogP) is 8.18. The molecule has 0 bridgehead atoms. The Hall–Kier alpha value is -7.28. The molecular formula is C54H61BrClN15O5. The molecule has 0 aliphatic carbocycles. The number of nitrogens with one attached hydrogen (secondary N) is 2. The summed E-state index contributed by atoms with van der Waals surface area (Å²) >= 11 is 10.4. The number of piperazine rings is 1. The molecule has 2 fully saturated rings. The molecule has 0 saturated carbocycles. The zero-order valence-electron chi connectivity index (χ0n) is 43.6. The highest BCUT2D eigenvalue weighted by molar-refractivity contribution is 9.10. The van der Waals surface area contributed by atoms with Gasteiger partial charge in [0.1, 0.15) is 30.5 Å². The summed E-state index contributed by atoms with van der Waals surface area (Å²) in [5.74, 6) is 1.83. The number of aromatic nitrogens is 8. The molecule has 0 spiro atoms. The number of halogens is 2. The lowest BCUT2D eigenvalue weighted by Crippen LogP contribution is -2.56. The van der Waals surface area contributed by atoms with Crippen LogP contribution in [0.2, 0.25) is 5.02 Å². The van der Waals surface area contributed by atoms with Gasteiger partial charge in [0, 0.05) is 61.5 Å². The largest absolute Gasteiger partial charge is 0.509 e. The monoisotopic (exact) mass is 1110 g/mol. The lowest BCUT2D eigenvalue weighted by atomic mass is 10.0. The van der Waals surface area contributed by atoms with Crippen LogP contribution in [-0.4, -0.2) is 146 Å². The van der Waals surface area contributed by atoms with Gasteiger partial charge in [-0.2, -0.15) is 34.8 Å². The predicted molar refractivity (Wildman–Crippen MR) is 295 cm³/mol. The minimum atomic E-state index is -1.10. The highest BCUT2D eigenvalue weighted by Gasteiger charge is 2.36. The number of fused-ring (bicyclic) bond motifs is 4. The van der Waals surface area contributed by atoms with E-state index in [0.29, 0.717) is 78.8 Å². The second-order valence-corrected chi connectivity index (χ2v) is 21.8. The van der Waals surface area contributed by atoms with E-state index in [1.165, 1.54) is 5.56 Å². The molecule has 76 heavy (non-hydrogen) atoms. The molecule has 4 aromatic heterocycles. The first-order chi connectivity index (χ1) is 36.5. The Labute approximate surface area is 454 Å². The number of benzene rings is 3. The van der Waals surface area contributed by atoms with Gasteiger partial charge in [-0.05, 0) is 117 Å². The average Bonchev–Trinajstić information content (AvgIpc) is 4.13. The number of nitriles is 1. The van der Waals surface area contributed by atoms with Crippen LogP contribution in [0.25, 0.3) is 27.5 Å². The standard InChI is InChI=1S/C54H61BrClN15O5/c1-32-23-41-42(24-33(32)2)61-45(60-41)26-58-50-65-51(63-48-39(55)25-59-71(48)50)67(7)31-54(4,5)76-53(73)75-29-34(3)49(72)70-22-21-69(27-36(70)16-18-57)47-38-17-20-68(44-15-9-12-35-11-8-14-40(56)46(35)44)28-43(38)62-52(64-47)74-30-37-13-10-19-66(37)6/h8-9,11-12,14-15,23-25,36-37H,3,10,13,16-17,19-22,26-31H2,1-2,4-7H3,(H,60,61)(H,58,63,65)/t36-,37-/m0/s1. The number of aryl methyl sites for hydroxylation is 2. The van der Waals surface area contributed by atoms with Crippen LogP contribution >= 0.6 is 27.5 Å². The Morgan fingerprint density at radius 3 is 2.62 bits per heavy atom. The van der Waals surface area contributed by atoms with Crippen molar-refractivity contribution in [3.63, 3.8) is 0 Å². The highest BCUT2D eigenvalue weighted by Crippen LogP contribution is 2.38. The van der Waals surface area contributed by atoms with E-state index in [-0.39, 0.29) is 31.1 Å². The van der Waals surface area contributed by atoms with E-state index >= 15 is 0 Å². The summed E-state index contributed by atoms with van der Waals surface area (Å²) in [5.41, 5.74) is 6.54. The zero-order valence-corrected chi connectivity index (χ0v) is 45.9. The lowest BCUT2D eigenvalue weighted by molar-refractivity contribution is -0.130. The maximum Gasteiger partial charge on any atom is 0.509 e. The third-order valence-corrected chi connectivity index (χ3v) is 15.4. The van der Waals surface area contributed by atoms with Crippen LogP contribution in [0, 0.1) is 25.2 Å². The van der Waals surface area contributed by atoms with Gasteiger partial charge in [0.05, 0.1) is 70.6 Å². The van der Waals surface area contributed by atoms with E-state index in [9.17, 15) is 14.9 Å². The van der Waals surface area contributed by atoms with E-state index in [4.69, 9.17) is 50.7 Å². The number of aromatic amines is 1. The van der Waals surface area contributed by atoms with Crippen molar-refractivity contribution in [3.8, 4) is 12.1 Å². The number of hydrogen-bond acceptors (Lipinski definition) is 17. The molecule has 3 aliphatic heterocycles. The SMILES string of the molecule is C=C(COC(=O)OC(C)(C)CN(C)c1nc(NCc2nc3cc(C)c(C)cc3[nH]2)n2ncc(Br)c2n1)C(=O)N1CCN(c2nc(OC[C@@H]3CCCN3C)nc3c2CCN(c2cccc4cccc(Cl)c24)C3)C[C@@H]1CC#N. The molecule has 0 radical (unpaired) electrons. The summed E-state index contributed by atoms with van der Waals surface area (Å²) in [4.78, 5) is 65.3. The molecule has 2 atom stereocenters. The minimum absolute atomic E-state index is 0.0462. The fraction of sp³-hybridized carbons (Fsp3) is 0.426. The lowest BCUT2D eigenvalue weighted by Gasteiger charge is -2.42. The molecule has 3 aromatic carbocycles. The number of imidazole rings is 1. The Balaban J connectivity index is 0.777. The third-order valence-electron chi connectivity index (χ3n) is 14.5. The van der Waals surface area contributed by atoms with Crippen molar-refractivity contribution in [1.29, 1.82) is 5.26 Å². The normalized spacial score (nSPS) is 17.0. The van der Waals surface area contributed by atoms with Gasteiger partial charge in [-0.1, -0.05) is 42.4 Å². The van der Waals surface area contributed by atoms with Gasteiger partial charge in [0.2, 0.25) is 11.9 Å². The first-order valence-corrected chi connectivity index (χ1v) is 26.6. The second-order valence-electron chi connectivity index (χ2n) is 20.5. The minimum Gasteiger partial charge on any atom is -0.462 e. The van der Waals surface area contributed by atoms with Crippen LogP contribution in [0.5, 0.6) is 6.01 Å². The molecule has 1 amide bonds. The van der Waals surface area contributed by atoms with E-state index in [0.717, 1.165) is 75.3 Å². The van der Waals surface area contributed by atoms with Crippen LogP contribution in [0.3, 0.4) is 0 Å². The summed E-state index contributed by atoms with van der Waals surface area (Å²) in [7, 11) is 3.90. The number of amides is 1. The molecule has 0 unspecified atom stereocenters. The van der Waals surface area contributed by atoms with E-state index < -0.39 is 30.3 Å². The summed E-state index contributed by atoms with van der Waals surface area (Å²) in [6, 6.07) is 18.6. The second kappa shape index (κ2) is 21.8. The molecule has 20 nitrogen and oxygen atoms in total. The van der Waals surface area contributed by atoms with E-state index in [1.54, 1.807) is 41.4 Å². The van der Waals surface area contributed by atoms with Gasteiger partial charge in [-0.25, -0.2) is 9.78 Å². The molecule has 396 valence electrons. The number of anilines is 4. The summed E-state index contributed by atoms with van der Waals surface area (Å²) in [6.07, 6.45) is 3.53. The van der Waals surface area contributed by atoms with Crippen molar-refractivity contribution in [2.24, 2.45) is 0 Å². The molecular weight excluding hydrogens is 1050 g/mol. The number of likely N-dealkylation sites (tertiary alicyclic amines) is 1. The summed E-state index contributed by atoms with van der Waals surface area (Å²) in [6.45, 7) is 15.5. The number of H-pyrrole nitrogens is 1. The molecule has 7 aromatic rings. The first kappa shape index (κ1) is 52.2. The summed E-state index contributed by atoms with van der Waals surface area (Å²) in [5, 5.41) is 20.6. The number of carbonyl (C=O) groups excluding carboxylic acids is 2. The zero-order chi connectivity index (χ0) is 53.4. The number of hydrogen-bond donors (Lipinski definition) is 2. The van der Waals surface area contributed by atoms with Gasteiger partial charge in [0.25, 0.3) is 5.91 Å². The fourth-order valence-electron chi connectivity index (χ4n) is 10.4. The number of rotatable bonds is 16. The fourth-order valence-corrected chi connectivity index (χ4v) is 11.1. The van der Waals surface area contributed by atoms with Gasteiger partial charge in [-0.15, -0.1) is 0 Å². The van der Waals surface area contributed by atoms with Crippen LogP contribution in [0.1, 0.15) is 61.3 Å². The maximum atomic E-state index is 14.1. The number of likely N-dealkylation sites (N-methyl/N-ethyl adjacent to an activating group) is 2. The number of nitrogens with zero attached hydrogens (tertiary/aromatic N) is 13. The Bertz CT molecular complexity index is 3370. The quantitative estimate of drug-likeness (QED) is 0.0690. The number of carbonyl (C=O) groups is 2. The van der Waals surface area contributed by atoms with Gasteiger partial charge >= 0.3 is 12.2 Å². The van der Waals surface area contributed by atoms with Crippen molar-refractivity contribution in [1.82, 2.24) is 49.3 Å². The summed E-state index contributed by atoms with van der Waals surface area (Å²) < 4.78 is 20.0. The first-order valence-electron chi connectivity index (χ1n) is 25.5. The highest BCUT2D eigenvalue weighted by atomic mass is 79.9. The van der Waals surface area contributed by atoms with Crippen LogP contribution in [-0.2, 0) is 33.8 Å². The van der Waals surface area contributed by atoms with Crippen LogP contribution in [0.4, 0.5) is 28.2 Å². The molecule has 7 heterocycles. The molecule has 10 rings (SSSR count).